The van der Waals surface area contributed by atoms with Gasteiger partial charge in [0.1, 0.15) is 0 Å². The van der Waals surface area contributed by atoms with Gasteiger partial charge in [-0.05, 0) is 19.4 Å². The number of likely N-dealkylation sites (N-methyl/N-ethyl adjacent to an activating group) is 1. The summed E-state index contributed by atoms with van der Waals surface area (Å²) in [6, 6.07) is 0. The number of carboxylic acids is 1. The molecule has 0 aliphatic heterocycles. The molecule has 1 unspecified atom stereocenters. The molecule has 15 heavy (non-hydrogen) atoms. The third-order valence-corrected chi connectivity index (χ3v) is 2.71. The number of hydrogen-bond acceptors (Lipinski definition) is 2. The number of carboxylic acid groups (broad SMARTS) is 1. The summed E-state index contributed by atoms with van der Waals surface area (Å²) in [5, 5.41) is 8.71. The van der Waals surface area contributed by atoms with E-state index in [1.54, 1.807) is 13.0 Å². The summed E-state index contributed by atoms with van der Waals surface area (Å²) in [6.45, 7) is 10.9. The molecule has 0 bridgehead atoms. The molecule has 1 N–H and O–H groups in total. The zero-order valence-corrected chi connectivity index (χ0v) is 10.3. The highest BCUT2D eigenvalue weighted by molar-refractivity contribution is 5.85. The maximum Gasteiger partial charge on any atom is 0.330 e. The molecule has 0 rings (SSSR count). The van der Waals surface area contributed by atoms with Gasteiger partial charge in [0, 0.05) is 18.7 Å². The molecule has 0 aromatic rings. The molecule has 0 radical (unpaired) electrons. The molecule has 0 spiro atoms. The van der Waals surface area contributed by atoms with Crippen molar-refractivity contribution in [1.29, 1.82) is 0 Å². The lowest BCUT2D eigenvalue weighted by Crippen LogP contribution is -2.28. The molecule has 0 saturated heterocycles. The van der Waals surface area contributed by atoms with E-state index < -0.39 is 5.97 Å². The van der Waals surface area contributed by atoms with Crippen LogP contribution in [0.5, 0.6) is 0 Å². The van der Waals surface area contributed by atoms with Crippen molar-refractivity contribution in [2.75, 3.05) is 19.6 Å². The molecule has 0 saturated carbocycles. The van der Waals surface area contributed by atoms with Crippen molar-refractivity contribution in [2.24, 2.45) is 5.92 Å². The van der Waals surface area contributed by atoms with Crippen LogP contribution in [0.2, 0.25) is 0 Å². The summed E-state index contributed by atoms with van der Waals surface area (Å²) >= 11 is 0. The lowest BCUT2D eigenvalue weighted by molar-refractivity contribution is -0.132. The first-order valence-corrected chi connectivity index (χ1v) is 5.63. The van der Waals surface area contributed by atoms with Gasteiger partial charge in [0.25, 0.3) is 0 Å². The summed E-state index contributed by atoms with van der Waals surface area (Å²) in [4.78, 5) is 12.9. The Bertz CT molecular complexity index is 224. The first kappa shape index (κ1) is 14.2. The standard InChI is InChI=1S/C12H23NO2/c1-5-10(3)9-13(6-2)8-7-11(4)12(14)15/h7,10H,5-6,8-9H2,1-4H3,(H,14,15). The van der Waals surface area contributed by atoms with Crippen molar-refractivity contribution < 1.29 is 9.90 Å². The van der Waals surface area contributed by atoms with E-state index in [1.165, 1.54) is 0 Å². The zero-order valence-electron chi connectivity index (χ0n) is 10.3. The Balaban J connectivity index is 4.10. The molecule has 3 nitrogen and oxygen atoms in total. The van der Waals surface area contributed by atoms with Gasteiger partial charge in [0.2, 0.25) is 0 Å². The molecular weight excluding hydrogens is 190 g/mol. The Kier molecular flexibility index (Phi) is 7.05. The second kappa shape index (κ2) is 7.46. The van der Waals surface area contributed by atoms with E-state index >= 15 is 0 Å². The van der Waals surface area contributed by atoms with Crippen LogP contribution in [-0.4, -0.2) is 35.6 Å². The Hall–Kier alpha value is -0.830. The van der Waals surface area contributed by atoms with E-state index in [2.05, 4.69) is 25.7 Å². The van der Waals surface area contributed by atoms with E-state index in [9.17, 15) is 4.79 Å². The molecule has 0 amide bonds. The van der Waals surface area contributed by atoms with Crippen LogP contribution >= 0.6 is 0 Å². The fraction of sp³-hybridized carbons (Fsp3) is 0.750. The number of hydrogen-bond donors (Lipinski definition) is 1. The molecule has 0 aromatic heterocycles. The summed E-state index contributed by atoms with van der Waals surface area (Å²) in [5.41, 5.74) is 0.428. The molecular formula is C12H23NO2. The van der Waals surface area contributed by atoms with E-state index in [0.717, 1.165) is 26.1 Å². The van der Waals surface area contributed by atoms with Crippen LogP contribution in [0.4, 0.5) is 0 Å². The minimum absolute atomic E-state index is 0.428. The zero-order chi connectivity index (χ0) is 11.8. The predicted octanol–water partition coefficient (Wildman–Crippen LogP) is 2.39. The van der Waals surface area contributed by atoms with Crippen LogP contribution in [0.3, 0.4) is 0 Å². The quantitative estimate of drug-likeness (QED) is 0.660. The number of carbonyl (C=O) groups is 1. The van der Waals surface area contributed by atoms with E-state index in [1.807, 2.05) is 0 Å². The molecule has 0 fully saturated rings. The van der Waals surface area contributed by atoms with Crippen molar-refractivity contribution in [2.45, 2.75) is 34.1 Å². The number of nitrogens with zero attached hydrogens (tertiary/aromatic N) is 1. The van der Waals surface area contributed by atoms with Crippen molar-refractivity contribution in [3.05, 3.63) is 11.6 Å². The maximum atomic E-state index is 10.6. The molecule has 0 aliphatic rings. The highest BCUT2D eigenvalue weighted by atomic mass is 16.4. The van der Waals surface area contributed by atoms with Crippen molar-refractivity contribution in [3.8, 4) is 0 Å². The average Bonchev–Trinajstić information content (AvgIpc) is 2.22. The molecule has 0 aromatic carbocycles. The summed E-state index contributed by atoms with van der Waals surface area (Å²) in [5.74, 6) is -0.155. The van der Waals surface area contributed by atoms with Gasteiger partial charge in [0.15, 0.2) is 0 Å². The highest BCUT2D eigenvalue weighted by Gasteiger charge is 2.06. The minimum atomic E-state index is -0.824. The summed E-state index contributed by atoms with van der Waals surface area (Å²) in [7, 11) is 0. The van der Waals surface area contributed by atoms with Gasteiger partial charge >= 0.3 is 5.97 Å². The van der Waals surface area contributed by atoms with E-state index in [0.29, 0.717) is 11.5 Å². The molecule has 88 valence electrons. The van der Waals surface area contributed by atoms with Crippen molar-refractivity contribution in [3.63, 3.8) is 0 Å². The van der Waals surface area contributed by atoms with Crippen LogP contribution in [-0.2, 0) is 4.79 Å². The first-order valence-electron chi connectivity index (χ1n) is 5.63. The van der Waals surface area contributed by atoms with Gasteiger partial charge in [-0.1, -0.05) is 33.3 Å². The molecule has 0 aliphatic carbocycles. The van der Waals surface area contributed by atoms with Crippen LogP contribution < -0.4 is 0 Å². The molecule has 1 atom stereocenters. The van der Waals surface area contributed by atoms with Crippen LogP contribution in [0.25, 0.3) is 0 Å². The van der Waals surface area contributed by atoms with Crippen molar-refractivity contribution in [1.82, 2.24) is 4.90 Å². The fourth-order valence-corrected chi connectivity index (χ4v) is 1.26. The average molecular weight is 213 g/mol. The Morgan fingerprint density at radius 2 is 2.07 bits per heavy atom. The van der Waals surface area contributed by atoms with Crippen LogP contribution in [0.1, 0.15) is 34.1 Å². The van der Waals surface area contributed by atoms with Gasteiger partial charge in [-0.2, -0.15) is 0 Å². The SMILES string of the molecule is CCC(C)CN(CC)CC=C(C)C(=O)O. The highest BCUT2D eigenvalue weighted by Crippen LogP contribution is 2.04. The Morgan fingerprint density at radius 3 is 2.47 bits per heavy atom. The predicted molar refractivity (Wildman–Crippen MR) is 63.0 cm³/mol. The molecule has 3 heteroatoms. The topological polar surface area (TPSA) is 40.5 Å². The number of aliphatic carboxylic acids is 1. The Morgan fingerprint density at radius 1 is 1.47 bits per heavy atom. The first-order chi connectivity index (χ1) is 7.01. The van der Waals surface area contributed by atoms with Crippen molar-refractivity contribution >= 4 is 5.97 Å². The fourth-order valence-electron chi connectivity index (χ4n) is 1.26. The van der Waals surface area contributed by atoms with Gasteiger partial charge in [0.05, 0.1) is 0 Å². The lowest BCUT2D eigenvalue weighted by atomic mass is 10.1. The van der Waals surface area contributed by atoms with E-state index in [-0.39, 0.29) is 0 Å². The normalized spacial score (nSPS) is 14.3. The number of rotatable bonds is 7. The lowest BCUT2D eigenvalue weighted by Gasteiger charge is -2.22. The minimum Gasteiger partial charge on any atom is -0.478 e. The largest absolute Gasteiger partial charge is 0.478 e. The second-order valence-corrected chi connectivity index (χ2v) is 4.06. The summed E-state index contributed by atoms with van der Waals surface area (Å²) in [6.07, 6.45) is 2.95. The van der Waals surface area contributed by atoms with Gasteiger partial charge in [-0.15, -0.1) is 0 Å². The third kappa shape index (κ3) is 6.28. The van der Waals surface area contributed by atoms with E-state index in [4.69, 9.17) is 5.11 Å². The summed E-state index contributed by atoms with van der Waals surface area (Å²) < 4.78 is 0. The van der Waals surface area contributed by atoms with Crippen LogP contribution in [0.15, 0.2) is 11.6 Å². The van der Waals surface area contributed by atoms with Gasteiger partial charge in [-0.25, -0.2) is 4.79 Å². The second-order valence-electron chi connectivity index (χ2n) is 4.06. The third-order valence-electron chi connectivity index (χ3n) is 2.71. The van der Waals surface area contributed by atoms with Crippen LogP contribution in [0, 0.1) is 5.92 Å². The van der Waals surface area contributed by atoms with Gasteiger partial charge < -0.3 is 5.11 Å². The smallest absolute Gasteiger partial charge is 0.330 e. The van der Waals surface area contributed by atoms with Gasteiger partial charge in [-0.3, -0.25) is 4.90 Å². The molecule has 0 heterocycles. The Labute approximate surface area is 92.8 Å². The monoisotopic (exact) mass is 213 g/mol. The maximum absolute atomic E-state index is 10.6.